The smallest absolute Gasteiger partial charge is 0.191 e. The summed E-state index contributed by atoms with van der Waals surface area (Å²) in [6.07, 6.45) is 4.40. The van der Waals surface area contributed by atoms with Crippen molar-refractivity contribution in [3.8, 4) is 0 Å². The van der Waals surface area contributed by atoms with Gasteiger partial charge in [-0.2, -0.15) is 0 Å². The summed E-state index contributed by atoms with van der Waals surface area (Å²) < 4.78 is 11.3. The normalized spacial score (nSPS) is 22.0. The molecule has 2 aliphatic rings. The maximum Gasteiger partial charge on any atom is 0.191 e. The predicted molar refractivity (Wildman–Crippen MR) is 132 cm³/mol. The van der Waals surface area contributed by atoms with Gasteiger partial charge in [0, 0.05) is 58.2 Å². The average Bonchev–Trinajstić information content (AvgIpc) is 3.27. The Hall–Kier alpha value is -0.420. The van der Waals surface area contributed by atoms with Crippen LogP contribution >= 0.6 is 35.3 Å². The molecule has 2 N–H and O–H groups in total. The van der Waals surface area contributed by atoms with E-state index >= 15 is 0 Å². The van der Waals surface area contributed by atoms with Crippen LogP contribution in [0.25, 0.3) is 0 Å². The Morgan fingerprint density at radius 1 is 1.34 bits per heavy atom. The minimum absolute atomic E-state index is 0. The molecule has 0 aromatic carbocycles. The number of rotatable bonds is 7. The lowest BCUT2D eigenvalue weighted by molar-refractivity contribution is -0.0855. The highest BCUT2D eigenvalue weighted by atomic mass is 127. The third-order valence-electron chi connectivity index (χ3n) is 6.23. The number of methoxy groups -OCH3 is 1. The first-order valence-corrected chi connectivity index (χ1v) is 11.4. The van der Waals surface area contributed by atoms with E-state index < -0.39 is 0 Å². The molecule has 2 fully saturated rings. The van der Waals surface area contributed by atoms with E-state index in [9.17, 15) is 0 Å². The summed E-state index contributed by atoms with van der Waals surface area (Å²) in [4.78, 5) is 8.49. The first kappa shape index (κ1) is 24.8. The van der Waals surface area contributed by atoms with Crippen molar-refractivity contribution in [2.75, 3.05) is 53.6 Å². The highest BCUT2D eigenvalue weighted by molar-refractivity contribution is 14.0. The number of guanidine groups is 1. The van der Waals surface area contributed by atoms with Crippen LogP contribution in [0.4, 0.5) is 0 Å². The summed E-state index contributed by atoms with van der Waals surface area (Å²) in [5, 5.41) is 9.23. The molecule has 1 aromatic rings. The third-order valence-corrected chi connectivity index (χ3v) is 7.21. The molecule has 166 valence electrons. The van der Waals surface area contributed by atoms with E-state index in [4.69, 9.17) is 9.47 Å². The highest BCUT2D eigenvalue weighted by Crippen LogP contribution is 2.29. The topological polar surface area (TPSA) is 58.1 Å². The molecule has 2 aliphatic heterocycles. The summed E-state index contributed by atoms with van der Waals surface area (Å²) in [7, 11) is 3.63. The molecular formula is C21H37IN4O2S. The van der Waals surface area contributed by atoms with Crippen molar-refractivity contribution in [2.24, 2.45) is 10.9 Å². The molecule has 0 bridgehead atoms. The number of nitrogens with one attached hydrogen (secondary N) is 2. The Morgan fingerprint density at radius 2 is 2.07 bits per heavy atom. The summed E-state index contributed by atoms with van der Waals surface area (Å²) in [6.45, 7) is 7.83. The van der Waals surface area contributed by atoms with E-state index in [1.807, 2.05) is 18.4 Å². The van der Waals surface area contributed by atoms with Gasteiger partial charge in [-0.3, -0.25) is 9.89 Å². The van der Waals surface area contributed by atoms with E-state index in [1.54, 1.807) is 7.11 Å². The van der Waals surface area contributed by atoms with Crippen molar-refractivity contribution >= 4 is 41.3 Å². The number of nitrogens with zero attached hydrogens (tertiary/aromatic N) is 2. The highest BCUT2D eigenvalue weighted by Gasteiger charge is 2.33. The zero-order valence-electron chi connectivity index (χ0n) is 18.0. The fourth-order valence-electron chi connectivity index (χ4n) is 4.09. The van der Waals surface area contributed by atoms with Crippen LogP contribution in [0.1, 0.15) is 43.5 Å². The van der Waals surface area contributed by atoms with Crippen molar-refractivity contribution < 1.29 is 9.47 Å². The Labute approximate surface area is 196 Å². The SMILES string of the molecule is CN=C(NCC(c1cccs1)N1CCC(C)CC1)NCC1(OC)CCOCC1.I. The molecule has 6 nitrogen and oxygen atoms in total. The number of ether oxygens (including phenoxy) is 2. The van der Waals surface area contributed by atoms with Gasteiger partial charge in [0.1, 0.15) is 0 Å². The Balaban J connectivity index is 0.00000300. The maximum absolute atomic E-state index is 5.83. The van der Waals surface area contributed by atoms with Crippen LogP contribution < -0.4 is 10.6 Å². The molecule has 2 saturated heterocycles. The fraction of sp³-hybridized carbons (Fsp3) is 0.762. The molecule has 3 rings (SSSR count). The fourth-order valence-corrected chi connectivity index (χ4v) is 4.95. The zero-order valence-corrected chi connectivity index (χ0v) is 21.1. The monoisotopic (exact) mass is 536 g/mol. The number of piperidine rings is 1. The maximum atomic E-state index is 5.83. The van der Waals surface area contributed by atoms with Crippen LogP contribution in [-0.2, 0) is 9.47 Å². The number of aliphatic imine (C=N–C) groups is 1. The van der Waals surface area contributed by atoms with Crippen LogP contribution in [-0.4, -0.2) is 70.0 Å². The number of halogens is 1. The lowest BCUT2D eigenvalue weighted by Gasteiger charge is -2.37. The molecule has 0 radical (unpaired) electrons. The molecule has 29 heavy (non-hydrogen) atoms. The summed E-state index contributed by atoms with van der Waals surface area (Å²) in [5.74, 6) is 1.68. The first-order chi connectivity index (χ1) is 13.7. The van der Waals surface area contributed by atoms with E-state index in [0.717, 1.165) is 51.0 Å². The Kier molecular flexibility index (Phi) is 10.7. The predicted octanol–water partition coefficient (Wildman–Crippen LogP) is 3.50. The number of hydrogen-bond acceptors (Lipinski definition) is 5. The van der Waals surface area contributed by atoms with Crippen molar-refractivity contribution in [3.05, 3.63) is 22.4 Å². The van der Waals surface area contributed by atoms with Crippen molar-refractivity contribution in [3.63, 3.8) is 0 Å². The molecule has 0 aliphatic carbocycles. The summed E-state index contributed by atoms with van der Waals surface area (Å²) in [6, 6.07) is 4.80. The van der Waals surface area contributed by atoms with Crippen LogP contribution in [0, 0.1) is 5.92 Å². The lowest BCUT2D eigenvalue weighted by Crippen LogP contribution is -2.51. The van der Waals surface area contributed by atoms with Gasteiger partial charge in [0.2, 0.25) is 0 Å². The molecule has 1 aromatic heterocycles. The molecule has 0 amide bonds. The molecule has 8 heteroatoms. The summed E-state index contributed by atoms with van der Waals surface area (Å²) in [5.41, 5.74) is -0.161. The zero-order chi connectivity index (χ0) is 19.8. The van der Waals surface area contributed by atoms with E-state index in [-0.39, 0.29) is 29.6 Å². The first-order valence-electron chi connectivity index (χ1n) is 10.5. The number of likely N-dealkylation sites (tertiary alicyclic amines) is 1. The third kappa shape index (κ3) is 7.05. The van der Waals surface area contributed by atoms with E-state index in [2.05, 4.69) is 45.0 Å². The largest absolute Gasteiger partial charge is 0.381 e. The van der Waals surface area contributed by atoms with E-state index in [1.165, 1.54) is 30.8 Å². The Morgan fingerprint density at radius 3 is 2.66 bits per heavy atom. The van der Waals surface area contributed by atoms with Gasteiger partial charge >= 0.3 is 0 Å². The standard InChI is InChI=1S/C21H36N4O2S.HI/c1-17-6-10-25(11-7-17)18(19-5-4-14-28-19)15-23-20(22-2)24-16-21(26-3)8-12-27-13-9-21;/h4-5,14,17-18H,6-13,15-16H2,1-3H3,(H2,22,23,24);1H. The lowest BCUT2D eigenvalue weighted by atomic mass is 9.94. The molecular weight excluding hydrogens is 499 g/mol. The van der Waals surface area contributed by atoms with Gasteiger partial charge in [-0.05, 0) is 43.3 Å². The minimum Gasteiger partial charge on any atom is -0.381 e. The van der Waals surface area contributed by atoms with Gasteiger partial charge in [-0.25, -0.2) is 0 Å². The molecule has 3 heterocycles. The average molecular weight is 537 g/mol. The van der Waals surface area contributed by atoms with Crippen molar-refractivity contribution in [1.29, 1.82) is 0 Å². The molecule has 0 saturated carbocycles. The van der Waals surface area contributed by atoms with E-state index in [0.29, 0.717) is 6.04 Å². The number of thiophene rings is 1. The van der Waals surface area contributed by atoms with Crippen LogP contribution in [0.3, 0.4) is 0 Å². The second-order valence-corrected chi connectivity index (χ2v) is 9.04. The van der Waals surface area contributed by atoms with Crippen molar-refractivity contribution in [1.82, 2.24) is 15.5 Å². The molecule has 0 spiro atoms. The number of hydrogen-bond donors (Lipinski definition) is 2. The quantitative estimate of drug-likeness (QED) is 0.318. The van der Waals surface area contributed by atoms with Gasteiger partial charge in [-0.1, -0.05) is 13.0 Å². The second kappa shape index (κ2) is 12.4. The van der Waals surface area contributed by atoms with Crippen LogP contribution in [0.5, 0.6) is 0 Å². The second-order valence-electron chi connectivity index (χ2n) is 8.06. The van der Waals surface area contributed by atoms with Crippen LogP contribution in [0.15, 0.2) is 22.5 Å². The van der Waals surface area contributed by atoms with Gasteiger partial charge in [0.25, 0.3) is 0 Å². The molecule has 1 atom stereocenters. The van der Waals surface area contributed by atoms with Crippen molar-refractivity contribution in [2.45, 2.75) is 44.2 Å². The van der Waals surface area contributed by atoms with Gasteiger partial charge < -0.3 is 20.1 Å². The summed E-state index contributed by atoms with van der Waals surface area (Å²) >= 11 is 1.85. The van der Waals surface area contributed by atoms with Gasteiger partial charge in [0.05, 0.1) is 11.6 Å². The van der Waals surface area contributed by atoms with Crippen LogP contribution in [0.2, 0.25) is 0 Å². The van der Waals surface area contributed by atoms with Gasteiger partial charge in [-0.15, -0.1) is 35.3 Å². The molecule has 1 unspecified atom stereocenters. The Bertz CT molecular complexity index is 600. The minimum atomic E-state index is -0.161. The van der Waals surface area contributed by atoms with Gasteiger partial charge in [0.15, 0.2) is 5.96 Å².